The van der Waals surface area contributed by atoms with Gasteiger partial charge in [-0.15, -0.1) is 0 Å². The summed E-state index contributed by atoms with van der Waals surface area (Å²) >= 11 is 0. The summed E-state index contributed by atoms with van der Waals surface area (Å²) in [6.07, 6.45) is 3.26. The Hall–Kier alpha value is -4.40. The van der Waals surface area contributed by atoms with Gasteiger partial charge >= 0.3 is 0 Å². The molecule has 0 aliphatic carbocycles. The van der Waals surface area contributed by atoms with Crippen LogP contribution in [0.2, 0.25) is 0 Å². The summed E-state index contributed by atoms with van der Waals surface area (Å²) in [6, 6.07) is 14.7. The summed E-state index contributed by atoms with van der Waals surface area (Å²) < 4.78 is 5.39. The van der Waals surface area contributed by atoms with Crippen molar-refractivity contribution in [2.75, 3.05) is 5.32 Å². The minimum atomic E-state index is -0.484. The van der Waals surface area contributed by atoms with Gasteiger partial charge in [-0.05, 0) is 43.3 Å². The Morgan fingerprint density at radius 3 is 2.60 bits per heavy atom. The first-order valence-corrected chi connectivity index (χ1v) is 8.93. The summed E-state index contributed by atoms with van der Waals surface area (Å²) in [4.78, 5) is 31.6. The number of benzene rings is 2. The highest BCUT2D eigenvalue weighted by atomic mass is 16.6. The quantitative estimate of drug-likeness (QED) is 0.391. The first kappa shape index (κ1) is 18.9. The fourth-order valence-corrected chi connectivity index (χ4v) is 2.93. The van der Waals surface area contributed by atoms with Gasteiger partial charge in [-0.2, -0.15) is 4.98 Å². The molecule has 0 radical (unpaired) electrons. The Morgan fingerprint density at radius 2 is 1.87 bits per heavy atom. The lowest BCUT2D eigenvalue weighted by Gasteiger charge is -2.09. The number of anilines is 1. The molecule has 1 amide bonds. The average molecular weight is 401 g/mol. The van der Waals surface area contributed by atoms with E-state index in [0.29, 0.717) is 28.2 Å². The van der Waals surface area contributed by atoms with Crippen LogP contribution in [-0.4, -0.2) is 26.0 Å². The van der Waals surface area contributed by atoms with Crippen molar-refractivity contribution >= 4 is 17.3 Å². The van der Waals surface area contributed by atoms with Crippen molar-refractivity contribution in [1.29, 1.82) is 0 Å². The molecule has 2 aromatic heterocycles. The maximum Gasteiger partial charge on any atom is 0.272 e. The molecule has 0 bridgehead atoms. The minimum Gasteiger partial charge on any atom is -0.334 e. The molecular formula is C21H15N5O4. The van der Waals surface area contributed by atoms with Crippen LogP contribution in [0.4, 0.5) is 11.4 Å². The number of rotatable bonds is 5. The van der Waals surface area contributed by atoms with Crippen molar-refractivity contribution in [3.8, 4) is 22.8 Å². The number of para-hydroxylation sites is 1. The summed E-state index contributed by atoms with van der Waals surface area (Å²) in [5, 5.41) is 17.8. The Morgan fingerprint density at radius 1 is 1.10 bits per heavy atom. The lowest BCUT2D eigenvalue weighted by molar-refractivity contribution is -0.385. The molecule has 148 valence electrons. The molecule has 1 N–H and O–H groups in total. The third kappa shape index (κ3) is 3.76. The number of carbonyl (C=O) groups excluding carboxylic acids is 1. The second-order valence-corrected chi connectivity index (χ2v) is 6.42. The molecule has 30 heavy (non-hydrogen) atoms. The number of amides is 1. The maximum absolute atomic E-state index is 12.7. The predicted octanol–water partition coefficient (Wildman–Crippen LogP) is 4.27. The van der Waals surface area contributed by atoms with E-state index in [9.17, 15) is 14.9 Å². The van der Waals surface area contributed by atoms with Gasteiger partial charge in [0.2, 0.25) is 5.82 Å². The van der Waals surface area contributed by atoms with E-state index in [2.05, 4.69) is 20.4 Å². The molecule has 0 unspecified atom stereocenters. The van der Waals surface area contributed by atoms with Crippen LogP contribution in [0.3, 0.4) is 0 Å². The number of carbonyl (C=O) groups is 1. The molecule has 9 nitrogen and oxygen atoms in total. The molecule has 4 rings (SSSR count). The van der Waals surface area contributed by atoms with E-state index in [-0.39, 0.29) is 11.6 Å². The Bertz CT molecular complexity index is 1240. The van der Waals surface area contributed by atoms with Gasteiger partial charge in [-0.1, -0.05) is 17.3 Å². The number of nitro groups is 1. The molecule has 2 aromatic carbocycles. The summed E-state index contributed by atoms with van der Waals surface area (Å²) in [6.45, 7) is 1.59. The monoisotopic (exact) mass is 401 g/mol. The summed E-state index contributed by atoms with van der Waals surface area (Å²) in [7, 11) is 0. The van der Waals surface area contributed by atoms with Gasteiger partial charge in [-0.3, -0.25) is 19.9 Å². The van der Waals surface area contributed by atoms with Gasteiger partial charge in [0.05, 0.1) is 16.2 Å². The van der Waals surface area contributed by atoms with Crippen LogP contribution in [0.15, 0.2) is 71.5 Å². The number of nitrogens with one attached hydrogen (secondary N) is 1. The van der Waals surface area contributed by atoms with Crippen molar-refractivity contribution in [3.05, 3.63) is 88.2 Å². The largest absolute Gasteiger partial charge is 0.334 e. The van der Waals surface area contributed by atoms with Crippen LogP contribution in [0.25, 0.3) is 22.8 Å². The van der Waals surface area contributed by atoms with E-state index in [1.54, 1.807) is 55.7 Å². The van der Waals surface area contributed by atoms with Gasteiger partial charge in [0.15, 0.2) is 0 Å². The Kier molecular flexibility index (Phi) is 5.00. The molecule has 0 aliphatic rings. The highest BCUT2D eigenvalue weighted by molar-refractivity contribution is 6.06. The van der Waals surface area contributed by atoms with Crippen molar-refractivity contribution in [2.24, 2.45) is 0 Å². The van der Waals surface area contributed by atoms with E-state index in [4.69, 9.17) is 4.52 Å². The van der Waals surface area contributed by atoms with Crippen molar-refractivity contribution in [2.45, 2.75) is 6.92 Å². The van der Waals surface area contributed by atoms with E-state index in [1.165, 1.54) is 18.2 Å². The van der Waals surface area contributed by atoms with Gasteiger partial charge < -0.3 is 9.84 Å². The highest BCUT2D eigenvalue weighted by Crippen LogP contribution is 2.29. The Balaban J connectivity index is 1.62. The van der Waals surface area contributed by atoms with Gasteiger partial charge in [0, 0.05) is 35.2 Å². The SMILES string of the molecule is Cc1cc(C(=O)Nc2ccccc2-c2nc(-c3ccncc3)no2)ccc1[N+](=O)[O-]. The molecule has 0 spiro atoms. The van der Waals surface area contributed by atoms with E-state index >= 15 is 0 Å². The third-order valence-electron chi connectivity index (χ3n) is 4.43. The standard InChI is InChI=1S/C21H15N5O4/c1-13-12-15(6-7-18(13)26(28)29)20(27)23-17-5-3-2-4-16(17)21-24-19(25-30-21)14-8-10-22-11-9-14/h2-12H,1H3,(H,23,27). The van der Waals surface area contributed by atoms with Crippen LogP contribution in [0, 0.1) is 17.0 Å². The summed E-state index contributed by atoms with van der Waals surface area (Å²) in [5.41, 5.74) is 2.45. The number of aryl methyl sites for hydroxylation is 1. The molecule has 0 saturated carbocycles. The molecule has 4 aromatic rings. The lowest BCUT2D eigenvalue weighted by Crippen LogP contribution is -2.13. The second kappa shape index (κ2) is 7.92. The van der Waals surface area contributed by atoms with E-state index in [0.717, 1.165) is 5.56 Å². The topological polar surface area (TPSA) is 124 Å². The smallest absolute Gasteiger partial charge is 0.272 e. The minimum absolute atomic E-state index is 0.0403. The number of hydrogen-bond acceptors (Lipinski definition) is 7. The predicted molar refractivity (Wildman–Crippen MR) is 109 cm³/mol. The van der Waals surface area contributed by atoms with Crippen molar-refractivity contribution in [1.82, 2.24) is 15.1 Å². The lowest BCUT2D eigenvalue weighted by atomic mass is 10.1. The molecule has 0 fully saturated rings. The summed E-state index contributed by atoms with van der Waals surface area (Å²) in [5.74, 6) is 0.242. The fourth-order valence-electron chi connectivity index (χ4n) is 2.93. The number of pyridine rings is 1. The molecule has 0 aliphatic heterocycles. The first-order valence-electron chi connectivity index (χ1n) is 8.93. The number of aromatic nitrogens is 3. The molecule has 0 atom stereocenters. The number of nitro benzene ring substituents is 1. The van der Waals surface area contributed by atoms with Crippen LogP contribution in [-0.2, 0) is 0 Å². The van der Waals surface area contributed by atoms with Gasteiger partial charge in [0.1, 0.15) is 0 Å². The van der Waals surface area contributed by atoms with Crippen LogP contribution >= 0.6 is 0 Å². The molecular weight excluding hydrogens is 386 g/mol. The molecule has 2 heterocycles. The van der Waals surface area contributed by atoms with Crippen LogP contribution < -0.4 is 5.32 Å². The molecule has 0 saturated heterocycles. The zero-order valence-corrected chi connectivity index (χ0v) is 15.8. The van der Waals surface area contributed by atoms with Crippen molar-refractivity contribution < 1.29 is 14.2 Å². The third-order valence-corrected chi connectivity index (χ3v) is 4.43. The fraction of sp³-hybridized carbons (Fsp3) is 0.0476. The Labute approximate surface area is 170 Å². The normalized spacial score (nSPS) is 10.6. The van der Waals surface area contributed by atoms with Crippen LogP contribution in [0.1, 0.15) is 15.9 Å². The zero-order chi connectivity index (χ0) is 21.1. The van der Waals surface area contributed by atoms with E-state index in [1.807, 2.05) is 0 Å². The second-order valence-electron chi connectivity index (χ2n) is 6.42. The van der Waals surface area contributed by atoms with Crippen LogP contribution in [0.5, 0.6) is 0 Å². The maximum atomic E-state index is 12.7. The average Bonchev–Trinajstić information content (AvgIpc) is 3.24. The zero-order valence-electron chi connectivity index (χ0n) is 15.8. The van der Waals surface area contributed by atoms with Gasteiger partial charge in [-0.25, -0.2) is 0 Å². The first-order chi connectivity index (χ1) is 14.5. The van der Waals surface area contributed by atoms with Gasteiger partial charge in [0.25, 0.3) is 17.5 Å². The number of hydrogen-bond donors (Lipinski definition) is 1. The highest BCUT2D eigenvalue weighted by Gasteiger charge is 2.18. The molecule has 9 heteroatoms. The van der Waals surface area contributed by atoms with Crippen molar-refractivity contribution in [3.63, 3.8) is 0 Å². The number of nitrogens with zero attached hydrogens (tertiary/aromatic N) is 4. The van der Waals surface area contributed by atoms with E-state index < -0.39 is 10.8 Å².